The van der Waals surface area contributed by atoms with Crippen LogP contribution in [0, 0.1) is 5.41 Å². The number of nitrogens with one attached hydrogen (secondary N) is 2. The number of benzene rings is 1. The van der Waals surface area contributed by atoms with Crippen LogP contribution in [0.5, 0.6) is 5.75 Å². The number of hydrogen-bond acceptors (Lipinski definition) is 12. The van der Waals surface area contributed by atoms with E-state index in [0.717, 1.165) is 0 Å². The fourth-order valence-corrected chi connectivity index (χ4v) is 5.27. The maximum atomic E-state index is 13.6. The summed E-state index contributed by atoms with van der Waals surface area (Å²) in [5.74, 6) is 0.250. The number of ether oxygens (including phenoxy) is 2. The van der Waals surface area contributed by atoms with Crippen molar-refractivity contribution in [2.24, 2.45) is 0 Å². The molecule has 0 amide bonds. The smallest absolute Gasteiger partial charge is 0.459 e. The minimum absolute atomic E-state index is 0.0622. The highest BCUT2D eigenvalue weighted by Gasteiger charge is 2.38. The van der Waals surface area contributed by atoms with Crippen molar-refractivity contribution >= 4 is 42.4 Å². The number of imidazole rings is 1. The zero-order valence-electron chi connectivity index (χ0n) is 20.8. The summed E-state index contributed by atoms with van der Waals surface area (Å²) < 4.78 is 37.2. The first kappa shape index (κ1) is 26.5. The van der Waals surface area contributed by atoms with Crippen LogP contribution in [0.25, 0.3) is 11.2 Å². The predicted molar refractivity (Wildman–Crippen MR) is 136 cm³/mol. The minimum atomic E-state index is -4.04. The van der Waals surface area contributed by atoms with Crippen LogP contribution in [0.1, 0.15) is 19.6 Å². The van der Waals surface area contributed by atoms with E-state index in [9.17, 15) is 9.36 Å². The van der Waals surface area contributed by atoms with Crippen LogP contribution in [0.3, 0.4) is 0 Å². The van der Waals surface area contributed by atoms with Crippen molar-refractivity contribution in [3.05, 3.63) is 36.7 Å². The van der Waals surface area contributed by atoms with Crippen LogP contribution in [0.4, 0.5) is 11.8 Å². The average Bonchev–Trinajstić information content (AvgIpc) is 3.44. The molecule has 0 aliphatic carbocycles. The molecule has 1 aliphatic heterocycles. The van der Waals surface area contributed by atoms with Gasteiger partial charge in [0.05, 0.1) is 31.9 Å². The summed E-state index contributed by atoms with van der Waals surface area (Å²) in [6, 6.07) is 7.45. The highest BCUT2D eigenvalue weighted by molar-refractivity contribution is 7.52. The highest BCUT2D eigenvalue weighted by atomic mass is 31.2. The number of carbonyl (C=O) groups is 1. The largest absolute Gasteiger partial charge is 0.468 e. The molecule has 4 rings (SSSR count). The van der Waals surface area contributed by atoms with Gasteiger partial charge >= 0.3 is 13.7 Å². The van der Waals surface area contributed by atoms with Gasteiger partial charge in [-0.1, -0.05) is 18.2 Å². The van der Waals surface area contributed by atoms with Gasteiger partial charge in [-0.05, 0) is 19.1 Å². The van der Waals surface area contributed by atoms with E-state index in [2.05, 4.69) is 20.0 Å². The van der Waals surface area contributed by atoms with Crippen LogP contribution < -0.4 is 20.2 Å². The third-order valence-corrected chi connectivity index (χ3v) is 7.11. The molecule has 3 heterocycles. The average molecular weight is 532 g/mol. The molecule has 198 valence electrons. The quantitative estimate of drug-likeness (QED) is 0.256. The second-order valence-electron chi connectivity index (χ2n) is 8.54. The van der Waals surface area contributed by atoms with Gasteiger partial charge in [0, 0.05) is 20.5 Å². The Morgan fingerprint density at radius 2 is 2.08 bits per heavy atom. The number of para-hydroxylation sites is 1. The standard InChI is InChI=1S/C22H29N8O6P/c1-13(21(31)33-4)28-37(32,36-14-8-6-5-7-9-14)34-11-15-10-16(23)20(35-15)30-12-25-17-18(29(2)3)26-22(24)27-19(17)30/h5-9,12-13,15,20,23H,10-11H2,1-4H3,(H,28,32)(H2,24,26,27)/t13-,15-,20+,37-/m0/s1. The molecule has 0 spiro atoms. The number of nitrogen functional groups attached to an aromatic ring is 1. The Kier molecular flexibility index (Phi) is 7.73. The molecule has 1 aromatic carbocycles. The van der Waals surface area contributed by atoms with Gasteiger partial charge in [-0.15, -0.1) is 0 Å². The summed E-state index contributed by atoms with van der Waals surface area (Å²) >= 11 is 0. The molecule has 1 fully saturated rings. The van der Waals surface area contributed by atoms with Crippen molar-refractivity contribution in [1.82, 2.24) is 24.6 Å². The van der Waals surface area contributed by atoms with Crippen molar-refractivity contribution < 1.29 is 27.9 Å². The van der Waals surface area contributed by atoms with Gasteiger partial charge in [0.25, 0.3) is 0 Å². The molecule has 0 bridgehead atoms. The molecule has 1 aliphatic rings. The lowest BCUT2D eigenvalue weighted by Gasteiger charge is -2.23. The molecular formula is C22H29N8O6P. The summed E-state index contributed by atoms with van der Waals surface area (Å²) in [5, 5.41) is 11.1. The van der Waals surface area contributed by atoms with Crippen LogP contribution in [0.15, 0.2) is 36.7 Å². The first-order chi connectivity index (χ1) is 17.6. The van der Waals surface area contributed by atoms with Gasteiger partial charge in [-0.25, -0.2) is 9.55 Å². The summed E-state index contributed by atoms with van der Waals surface area (Å²) in [6.45, 7) is 1.30. The predicted octanol–water partition coefficient (Wildman–Crippen LogP) is 2.14. The summed E-state index contributed by atoms with van der Waals surface area (Å²) in [4.78, 5) is 26.6. The third kappa shape index (κ3) is 5.88. The first-order valence-electron chi connectivity index (χ1n) is 11.3. The van der Waals surface area contributed by atoms with E-state index in [1.54, 1.807) is 39.8 Å². The van der Waals surface area contributed by atoms with Gasteiger partial charge in [-0.2, -0.15) is 15.1 Å². The number of anilines is 2. The van der Waals surface area contributed by atoms with E-state index >= 15 is 0 Å². The van der Waals surface area contributed by atoms with E-state index in [0.29, 0.717) is 17.0 Å². The number of carbonyl (C=O) groups excluding carboxylic acids is 1. The zero-order chi connectivity index (χ0) is 26.7. The Morgan fingerprint density at radius 1 is 1.35 bits per heavy atom. The van der Waals surface area contributed by atoms with Gasteiger partial charge in [0.15, 0.2) is 23.2 Å². The Hall–Kier alpha value is -3.58. The number of rotatable bonds is 10. The molecule has 0 unspecified atom stereocenters. The Balaban J connectivity index is 1.51. The minimum Gasteiger partial charge on any atom is -0.468 e. The SMILES string of the molecule is COC(=O)[C@H](C)N[P@](=O)(OC[C@@H]1CC(=N)[C@H](n2cnc3c(N(C)C)nc(N)nc32)O1)Oc1ccccc1. The van der Waals surface area contributed by atoms with E-state index in [1.807, 2.05) is 14.1 Å². The lowest BCUT2D eigenvalue weighted by Crippen LogP contribution is -2.35. The number of nitrogens with zero attached hydrogens (tertiary/aromatic N) is 5. The molecule has 15 heteroatoms. The summed E-state index contributed by atoms with van der Waals surface area (Å²) in [5.41, 5.74) is 7.06. The van der Waals surface area contributed by atoms with Gasteiger partial charge in [0.1, 0.15) is 11.8 Å². The summed E-state index contributed by atoms with van der Waals surface area (Å²) in [6.07, 6.45) is 0.255. The van der Waals surface area contributed by atoms with Crippen molar-refractivity contribution in [1.29, 1.82) is 5.41 Å². The second kappa shape index (κ2) is 10.8. The summed E-state index contributed by atoms with van der Waals surface area (Å²) in [7, 11) is 0.806. The Labute approximate surface area is 213 Å². The molecule has 4 N–H and O–H groups in total. The first-order valence-corrected chi connectivity index (χ1v) is 12.9. The van der Waals surface area contributed by atoms with Gasteiger partial charge < -0.3 is 30.0 Å². The lowest BCUT2D eigenvalue weighted by atomic mass is 10.2. The van der Waals surface area contributed by atoms with Crippen LogP contribution in [-0.2, 0) is 23.4 Å². The topological polar surface area (TPSA) is 180 Å². The van der Waals surface area contributed by atoms with Crippen LogP contribution >= 0.6 is 7.75 Å². The molecule has 37 heavy (non-hydrogen) atoms. The van der Waals surface area contributed by atoms with Crippen molar-refractivity contribution in [2.45, 2.75) is 31.7 Å². The molecule has 0 saturated carbocycles. The number of aromatic nitrogens is 4. The Morgan fingerprint density at radius 3 is 2.76 bits per heavy atom. The van der Waals surface area contributed by atoms with Crippen molar-refractivity contribution in [3.63, 3.8) is 0 Å². The molecule has 4 atom stereocenters. The second-order valence-corrected chi connectivity index (χ2v) is 10.2. The van der Waals surface area contributed by atoms with Crippen molar-refractivity contribution in [3.8, 4) is 5.75 Å². The number of fused-ring (bicyclic) bond motifs is 1. The van der Waals surface area contributed by atoms with Gasteiger partial charge in [0.2, 0.25) is 5.95 Å². The lowest BCUT2D eigenvalue weighted by molar-refractivity contribution is -0.142. The highest BCUT2D eigenvalue weighted by Crippen LogP contribution is 2.45. The maximum absolute atomic E-state index is 13.6. The van der Waals surface area contributed by atoms with Crippen LogP contribution in [0.2, 0.25) is 0 Å². The zero-order valence-corrected chi connectivity index (χ0v) is 21.7. The fraction of sp³-hybridized carbons (Fsp3) is 0.409. The van der Waals surface area contributed by atoms with E-state index < -0.39 is 32.1 Å². The third-order valence-electron chi connectivity index (χ3n) is 5.47. The number of esters is 1. The fourth-order valence-electron chi connectivity index (χ4n) is 3.75. The van der Waals surface area contributed by atoms with E-state index in [1.165, 1.54) is 20.4 Å². The maximum Gasteiger partial charge on any atom is 0.459 e. The van der Waals surface area contributed by atoms with E-state index in [4.69, 9.17) is 29.7 Å². The molecule has 2 aromatic heterocycles. The number of methoxy groups -OCH3 is 1. The monoisotopic (exact) mass is 532 g/mol. The van der Waals surface area contributed by atoms with Crippen molar-refractivity contribution in [2.75, 3.05) is 38.4 Å². The molecular weight excluding hydrogens is 503 g/mol. The van der Waals surface area contributed by atoms with Gasteiger partial charge in [-0.3, -0.25) is 13.9 Å². The molecule has 14 nitrogen and oxygen atoms in total. The number of hydrogen-bond donors (Lipinski definition) is 3. The normalized spacial score (nSPS) is 19.9. The molecule has 1 saturated heterocycles. The molecule has 3 aromatic rings. The van der Waals surface area contributed by atoms with Crippen LogP contribution in [-0.4, -0.2) is 71.2 Å². The molecule has 0 radical (unpaired) electrons. The Bertz CT molecular complexity index is 1330. The van der Waals surface area contributed by atoms with E-state index in [-0.39, 0.29) is 30.4 Å². The number of nitrogens with two attached hydrogens (primary N) is 1.